The van der Waals surface area contributed by atoms with Crippen molar-refractivity contribution in [2.75, 3.05) is 13.6 Å². The maximum absolute atomic E-state index is 12.4. The largest absolute Gasteiger partial charge is 0.344 e. The number of carbonyl (C=O) groups excluding carboxylic acids is 1. The molecule has 122 valence electrons. The number of pyridine rings is 2. The van der Waals surface area contributed by atoms with E-state index in [-0.39, 0.29) is 18.0 Å². The fourth-order valence-corrected chi connectivity index (χ4v) is 2.57. The molecule has 0 saturated carbocycles. The minimum atomic E-state index is -0.189. The molecule has 0 spiro atoms. The van der Waals surface area contributed by atoms with Gasteiger partial charge in [-0.2, -0.15) is 0 Å². The van der Waals surface area contributed by atoms with Crippen LogP contribution >= 0.6 is 0 Å². The molecule has 0 aliphatic rings. The Morgan fingerprint density at radius 3 is 2.71 bits per heavy atom. The molecule has 0 aliphatic carbocycles. The molecule has 2 aromatic heterocycles. The Labute approximate surface area is 140 Å². The van der Waals surface area contributed by atoms with E-state index in [9.17, 15) is 9.59 Å². The van der Waals surface area contributed by atoms with Gasteiger partial charge in [-0.3, -0.25) is 14.6 Å². The number of hydrogen-bond acceptors (Lipinski definition) is 3. The molecule has 24 heavy (non-hydrogen) atoms. The third kappa shape index (κ3) is 3.51. The van der Waals surface area contributed by atoms with Crippen molar-refractivity contribution in [2.45, 2.75) is 13.0 Å². The number of benzene rings is 1. The lowest BCUT2D eigenvalue weighted by atomic mass is 10.1. The summed E-state index contributed by atoms with van der Waals surface area (Å²) in [4.78, 5) is 30.6. The highest BCUT2D eigenvalue weighted by atomic mass is 16.2. The molecule has 2 heterocycles. The number of amides is 1. The molecular formula is C19H19N3O2. The Bertz CT molecular complexity index is 903. The van der Waals surface area contributed by atoms with Crippen LogP contribution in [0.4, 0.5) is 0 Å². The van der Waals surface area contributed by atoms with E-state index in [1.54, 1.807) is 42.5 Å². The van der Waals surface area contributed by atoms with E-state index in [1.807, 2.05) is 30.3 Å². The van der Waals surface area contributed by atoms with Crippen LogP contribution < -0.4 is 5.56 Å². The first-order valence-electron chi connectivity index (χ1n) is 7.87. The first-order valence-corrected chi connectivity index (χ1v) is 7.87. The van der Waals surface area contributed by atoms with Gasteiger partial charge in [0.1, 0.15) is 6.54 Å². The van der Waals surface area contributed by atoms with Gasteiger partial charge in [0.2, 0.25) is 5.91 Å². The smallest absolute Gasteiger partial charge is 0.260 e. The Kier molecular flexibility index (Phi) is 4.70. The number of rotatable bonds is 5. The van der Waals surface area contributed by atoms with Gasteiger partial charge in [0.05, 0.1) is 10.9 Å². The van der Waals surface area contributed by atoms with Gasteiger partial charge >= 0.3 is 0 Å². The average Bonchev–Trinajstić information content (AvgIpc) is 2.63. The molecule has 0 N–H and O–H groups in total. The first-order chi connectivity index (χ1) is 11.6. The van der Waals surface area contributed by atoms with Crippen molar-refractivity contribution in [3.63, 3.8) is 0 Å². The molecule has 0 aliphatic heterocycles. The summed E-state index contributed by atoms with van der Waals surface area (Å²) >= 11 is 0. The lowest BCUT2D eigenvalue weighted by molar-refractivity contribution is -0.130. The Morgan fingerprint density at radius 2 is 1.92 bits per heavy atom. The van der Waals surface area contributed by atoms with E-state index in [0.717, 1.165) is 6.42 Å². The van der Waals surface area contributed by atoms with Gasteiger partial charge < -0.3 is 9.47 Å². The minimum absolute atomic E-state index is 0.0367. The molecular weight excluding hydrogens is 302 g/mol. The highest BCUT2D eigenvalue weighted by Gasteiger charge is 2.11. The molecule has 1 amide bonds. The van der Waals surface area contributed by atoms with Crippen molar-refractivity contribution in [3.8, 4) is 0 Å². The summed E-state index contributed by atoms with van der Waals surface area (Å²) in [6, 6.07) is 15.2. The quantitative estimate of drug-likeness (QED) is 0.723. The zero-order valence-electron chi connectivity index (χ0n) is 13.6. The zero-order valence-corrected chi connectivity index (χ0v) is 13.6. The zero-order chi connectivity index (χ0) is 16.9. The number of aromatic nitrogens is 2. The predicted molar refractivity (Wildman–Crippen MR) is 93.8 cm³/mol. The SMILES string of the molecule is CN(CCc1ccccc1)C(=O)Cn1ccc2ncccc2c1=O. The topological polar surface area (TPSA) is 55.2 Å². The fourth-order valence-electron chi connectivity index (χ4n) is 2.57. The van der Waals surface area contributed by atoms with Crippen LogP contribution in [-0.4, -0.2) is 34.0 Å². The lowest BCUT2D eigenvalue weighted by Gasteiger charge is -2.18. The van der Waals surface area contributed by atoms with Crippen LogP contribution in [0, 0.1) is 0 Å². The lowest BCUT2D eigenvalue weighted by Crippen LogP contribution is -2.35. The Hall–Kier alpha value is -2.95. The third-order valence-corrected chi connectivity index (χ3v) is 4.05. The van der Waals surface area contributed by atoms with Gasteiger partial charge in [-0.1, -0.05) is 30.3 Å². The molecule has 3 aromatic rings. The summed E-state index contributed by atoms with van der Waals surface area (Å²) in [5, 5.41) is 0.528. The summed E-state index contributed by atoms with van der Waals surface area (Å²) in [6.07, 6.45) is 4.06. The fraction of sp³-hybridized carbons (Fsp3) is 0.211. The van der Waals surface area contributed by atoms with Gasteiger partial charge in [0.25, 0.3) is 5.56 Å². The van der Waals surface area contributed by atoms with Gasteiger partial charge in [0, 0.05) is 26.0 Å². The predicted octanol–water partition coefficient (Wildman–Crippen LogP) is 2.10. The van der Waals surface area contributed by atoms with Crippen LogP contribution in [0.1, 0.15) is 5.56 Å². The van der Waals surface area contributed by atoms with E-state index in [4.69, 9.17) is 0 Å². The molecule has 0 radical (unpaired) electrons. The molecule has 3 rings (SSSR count). The van der Waals surface area contributed by atoms with Crippen molar-refractivity contribution >= 4 is 16.8 Å². The second-order valence-electron chi connectivity index (χ2n) is 5.74. The number of nitrogens with zero attached hydrogens (tertiary/aromatic N) is 3. The second-order valence-corrected chi connectivity index (χ2v) is 5.74. The number of fused-ring (bicyclic) bond motifs is 1. The van der Waals surface area contributed by atoms with E-state index >= 15 is 0 Å². The van der Waals surface area contributed by atoms with Crippen LogP contribution in [0.25, 0.3) is 10.9 Å². The molecule has 0 atom stereocenters. The standard InChI is InChI=1S/C19H19N3O2/c1-21(12-9-15-6-3-2-4-7-15)18(23)14-22-13-10-17-16(19(22)24)8-5-11-20-17/h2-8,10-11,13H,9,12,14H2,1H3. The summed E-state index contributed by atoms with van der Waals surface area (Å²) in [6.45, 7) is 0.654. The van der Waals surface area contributed by atoms with Gasteiger partial charge in [-0.25, -0.2) is 0 Å². The number of carbonyl (C=O) groups is 1. The van der Waals surface area contributed by atoms with Crippen molar-refractivity contribution < 1.29 is 4.79 Å². The maximum atomic E-state index is 12.4. The van der Waals surface area contributed by atoms with E-state index in [2.05, 4.69) is 4.98 Å². The molecule has 1 aromatic carbocycles. The van der Waals surface area contributed by atoms with Crippen LogP contribution in [0.2, 0.25) is 0 Å². The summed E-state index contributed by atoms with van der Waals surface area (Å²) < 4.78 is 1.44. The highest BCUT2D eigenvalue weighted by Crippen LogP contribution is 2.05. The molecule has 0 bridgehead atoms. The van der Waals surface area contributed by atoms with E-state index in [1.165, 1.54) is 10.1 Å². The molecule has 0 unspecified atom stereocenters. The highest BCUT2D eigenvalue weighted by molar-refractivity contribution is 5.78. The molecule has 0 saturated heterocycles. The summed E-state index contributed by atoms with van der Waals surface area (Å²) in [7, 11) is 1.76. The third-order valence-electron chi connectivity index (χ3n) is 4.05. The van der Waals surface area contributed by atoms with Crippen molar-refractivity contribution in [3.05, 3.63) is 76.8 Å². The van der Waals surface area contributed by atoms with Crippen molar-refractivity contribution in [1.82, 2.24) is 14.5 Å². The molecule has 0 fully saturated rings. The second kappa shape index (κ2) is 7.08. The summed E-state index contributed by atoms with van der Waals surface area (Å²) in [5.41, 5.74) is 1.64. The van der Waals surface area contributed by atoms with Crippen LogP contribution in [-0.2, 0) is 17.8 Å². The van der Waals surface area contributed by atoms with E-state index < -0.39 is 0 Å². The number of likely N-dealkylation sites (N-methyl/N-ethyl adjacent to an activating group) is 1. The number of hydrogen-bond donors (Lipinski definition) is 0. The monoisotopic (exact) mass is 321 g/mol. The first kappa shape index (κ1) is 15.9. The van der Waals surface area contributed by atoms with E-state index in [0.29, 0.717) is 17.4 Å². The van der Waals surface area contributed by atoms with Crippen LogP contribution in [0.3, 0.4) is 0 Å². The van der Waals surface area contributed by atoms with Gasteiger partial charge in [0.15, 0.2) is 0 Å². The summed E-state index contributed by atoms with van der Waals surface area (Å²) in [5.74, 6) is -0.0868. The van der Waals surface area contributed by atoms with Crippen LogP contribution in [0.15, 0.2) is 65.7 Å². The normalized spacial score (nSPS) is 10.7. The van der Waals surface area contributed by atoms with Crippen LogP contribution in [0.5, 0.6) is 0 Å². The molecule has 5 heteroatoms. The molecule has 5 nitrogen and oxygen atoms in total. The average molecular weight is 321 g/mol. The minimum Gasteiger partial charge on any atom is -0.344 e. The van der Waals surface area contributed by atoms with Crippen molar-refractivity contribution in [1.29, 1.82) is 0 Å². The maximum Gasteiger partial charge on any atom is 0.260 e. The Balaban J connectivity index is 1.68. The Morgan fingerprint density at radius 1 is 1.12 bits per heavy atom. The van der Waals surface area contributed by atoms with Crippen molar-refractivity contribution in [2.24, 2.45) is 0 Å². The van der Waals surface area contributed by atoms with Gasteiger partial charge in [-0.15, -0.1) is 0 Å². The van der Waals surface area contributed by atoms with Gasteiger partial charge in [-0.05, 0) is 30.2 Å².